The molecule has 0 aliphatic carbocycles. The Hall–Kier alpha value is 0.340. The molecule has 1 nitrogen and oxygen atoms in total. The number of alkyl halides is 1. The Bertz CT molecular complexity index is 83.1. The summed E-state index contributed by atoms with van der Waals surface area (Å²) in [4.78, 5) is 0. The van der Waals surface area contributed by atoms with Crippen molar-refractivity contribution in [2.45, 2.75) is 18.7 Å². The fraction of sp³-hybridized carbons (Fsp3) is 0.667. The van der Waals surface area contributed by atoms with E-state index in [4.69, 9.17) is 16.7 Å². The molecule has 0 heterocycles. The van der Waals surface area contributed by atoms with Gasteiger partial charge in [-0.05, 0) is 18.8 Å². The Morgan fingerprint density at radius 2 is 2.44 bits per heavy atom. The zero-order valence-corrected chi connectivity index (χ0v) is 6.95. The van der Waals surface area contributed by atoms with Crippen LogP contribution in [-0.2, 0) is 0 Å². The Balaban J connectivity index is 3.04. The van der Waals surface area contributed by atoms with Crippen molar-refractivity contribution >= 4 is 23.4 Å². The first-order valence-electron chi connectivity index (χ1n) is 2.79. The minimum absolute atomic E-state index is 0.146. The van der Waals surface area contributed by atoms with Gasteiger partial charge in [-0.2, -0.15) is 0 Å². The highest BCUT2D eigenvalue weighted by Crippen LogP contribution is 2.04. The van der Waals surface area contributed by atoms with Crippen molar-refractivity contribution in [2.75, 3.05) is 5.94 Å². The standard InChI is InChI=1S/C6H11ClOS/c1-6(7)3-2-4-9-5-8/h2,4,6,8H,3,5H2,1H3/b4-2-. The van der Waals surface area contributed by atoms with E-state index in [1.54, 1.807) is 0 Å². The Morgan fingerprint density at radius 3 is 2.89 bits per heavy atom. The molecule has 0 aromatic carbocycles. The van der Waals surface area contributed by atoms with Crippen LogP contribution in [0.3, 0.4) is 0 Å². The average Bonchev–Trinajstić information content (AvgIpc) is 1.80. The molecular formula is C6H11ClOS. The summed E-state index contributed by atoms with van der Waals surface area (Å²) in [7, 11) is 0. The highest BCUT2D eigenvalue weighted by Gasteiger charge is 1.88. The lowest BCUT2D eigenvalue weighted by Gasteiger charge is -1.92. The molecule has 1 N–H and O–H groups in total. The summed E-state index contributed by atoms with van der Waals surface area (Å²) >= 11 is 7.00. The van der Waals surface area contributed by atoms with Gasteiger partial charge in [0.2, 0.25) is 0 Å². The van der Waals surface area contributed by atoms with Crippen LogP contribution in [0.5, 0.6) is 0 Å². The van der Waals surface area contributed by atoms with Crippen LogP contribution in [0.15, 0.2) is 11.5 Å². The molecule has 0 saturated heterocycles. The molecule has 54 valence electrons. The molecule has 0 fully saturated rings. The zero-order valence-electron chi connectivity index (χ0n) is 5.38. The molecule has 0 bridgehead atoms. The van der Waals surface area contributed by atoms with Crippen molar-refractivity contribution in [2.24, 2.45) is 0 Å². The van der Waals surface area contributed by atoms with E-state index in [9.17, 15) is 0 Å². The number of hydrogen-bond donors (Lipinski definition) is 1. The molecule has 0 aromatic rings. The summed E-state index contributed by atoms with van der Waals surface area (Å²) in [5, 5.41) is 10.4. The third-order valence-corrected chi connectivity index (χ3v) is 1.44. The predicted molar refractivity (Wildman–Crippen MR) is 43.7 cm³/mol. The molecule has 0 aliphatic rings. The molecule has 0 saturated carbocycles. The highest BCUT2D eigenvalue weighted by atomic mass is 35.5. The molecule has 0 amide bonds. The monoisotopic (exact) mass is 166 g/mol. The number of aliphatic hydroxyl groups excluding tert-OH is 1. The van der Waals surface area contributed by atoms with Crippen LogP contribution < -0.4 is 0 Å². The molecule has 1 unspecified atom stereocenters. The van der Waals surface area contributed by atoms with Gasteiger partial charge in [0.25, 0.3) is 0 Å². The Morgan fingerprint density at radius 1 is 1.78 bits per heavy atom. The molecule has 0 radical (unpaired) electrons. The molecule has 0 aliphatic heterocycles. The SMILES string of the molecule is CC(Cl)C/C=C\SCO. The number of aliphatic hydroxyl groups is 1. The van der Waals surface area contributed by atoms with Crippen LogP contribution >= 0.6 is 23.4 Å². The molecule has 1 atom stereocenters. The summed E-state index contributed by atoms with van der Waals surface area (Å²) in [5.74, 6) is 0.146. The normalized spacial score (nSPS) is 14.6. The van der Waals surface area contributed by atoms with Gasteiger partial charge < -0.3 is 5.11 Å². The topological polar surface area (TPSA) is 20.2 Å². The second-order valence-electron chi connectivity index (χ2n) is 1.68. The molecule has 0 aromatic heterocycles. The van der Waals surface area contributed by atoms with E-state index < -0.39 is 0 Å². The third kappa shape index (κ3) is 8.34. The number of rotatable bonds is 4. The van der Waals surface area contributed by atoms with E-state index in [0.717, 1.165) is 6.42 Å². The maximum Gasteiger partial charge on any atom is 0.0926 e. The van der Waals surface area contributed by atoms with Gasteiger partial charge in [0.1, 0.15) is 0 Å². The van der Waals surface area contributed by atoms with Gasteiger partial charge in [-0.15, -0.1) is 23.4 Å². The van der Waals surface area contributed by atoms with Gasteiger partial charge in [-0.1, -0.05) is 6.08 Å². The number of thioether (sulfide) groups is 1. The summed E-state index contributed by atoms with van der Waals surface area (Å²) in [6.07, 6.45) is 2.83. The van der Waals surface area contributed by atoms with Crippen LogP contribution in [0.1, 0.15) is 13.3 Å². The summed E-state index contributed by atoms with van der Waals surface area (Å²) in [6, 6.07) is 0. The van der Waals surface area contributed by atoms with Crippen LogP contribution in [-0.4, -0.2) is 16.4 Å². The van der Waals surface area contributed by atoms with E-state index >= 15 is 0 Å². The maximum absolute atomic E-state index is 8.31. The smallest absolute Gasteiger partial charge is 0.0926 e. The van der Waals surface area contributed by atoms with Crippen molar-refractivity contribution in [3.63, 3.8) is 0 Å². The van der Waals surface area contributed by atoms with Crippen LogP contribution in [0.4, 0.5) is 0 Å². The van der Waals surface area contributed by atoms with E-state index in [0.29, 0.717) is 0 Å². The van der Waals surface area contributed by atoms with Gasteiger partial charge in [0.15, 0.2) is 0 Å². The van der Waals surface area contributed by atoms with Gasteiger partial charge in [0, 0.05) is 5.38 Å². The van der Waals surface area contributed by atoms with Crippen molar-refractivity contribution < 1.29 is 5.11 Å². The molecule has 0 rings (SSSR count). The van der Waals surface area contributed by atoms with Crippen molar-refractivity contribution in [3.8, 4) is 0 Å². The Labute approximate surface area is 65.1 Å². The number of hydrogen-bond acceptors (Lipinski definition) is 2. The lowest BCUT2D eigenvalue weighted by atomic mass is 10.3. The third-order valence-electron chi connectivity index (χ3n) is 0.728. The fourth-order valence-corrected chi connectivity index (χ4v) is 0.790. The number of allylic oxidation sites excluding steroid dienone is 1. The quantitative estimate of drug-likeness (QED) is 0.511. The predicted octanol–water partition coefficient (Wildman–Crippen LogP) is 2.20. The average molecular weight is 167 g/mol. The Kier molecular flexibility index (Phi) is 6.70. The van der Waals surface area contributed by atoms with E-state index in [1.807, 2.05) is 18.4 Å². The molecule has 3 heteroatoms. The highest BCUT2D eigenvalue weighted by molar-refractivity contribution is 8.01. The van der Waals surface area contributed by atoms with E-state index in [-0.39, 0.29) is 11.3 Å². The van der Waals surface area contributed by atoms with E-state index in [1.165, 1.54) is 11.8 Å². The summed E-state index contributed by atoms with van der Waals surface area (Å²) in [6.45, 7) is 1.94. The first-order valence-corrected chi connectivity index (χ1v) is 4.27. The zero-order chi connectivity index (χ0) is 7.11. The van der Waals surface area contributed by atoms with Gasteiger partial charge >= 0.3 is 0 Å². The second kappa shape index (κ2) is 6.46. The second-order valence-corrected chi connectivity index (χ2v) is 3.29. The van der Waals surface area contributed by atoms with Gasteiger partial charge in [-0.25, -0.2) is 0 Å². The summed E-state index contributed by atoms with van der Waals surface area (Å²) in [5.41, 5.74) is 0. The van der Waals surface area contributed by atoms with Crippen LogP contribution in [0.2, 0.25) is 0 Å². The lowest BCUT2D eigenvalue weighted by Crippen LogP contribution is -1.84. The van der Waals surface area contributed by atoms with Crippen molar-refractivity contribution in [3.05, 3.63) is 11.5 Å². The minimum atomic E-state index is 0.146. The molecule has 0 spiro atoms. The van der Waals surface area contributed by atoms with Crippen LogP contribution in [0, 0.1) is 0 Å². The van der Waals surface area contributed by atoms with Crippen molar-refractivity contribution in [1.82, 2.24) is 0 Å². The minimum Gasteiger partial charge on any atom is -0.385 e. The largest absolute Gasteiger partial charge is 0.385 e. The first-order chi connectivity index (χ1) is 4.27. The maximum atomic E-state index is 8.31. The van der Waals surface area contributed by atoms with E-state index in [2.05, 4.69) is 0 Å². The number of halogens is 1. The van der Waals surface area contributed by atoms with Crippen molar-refractivity contribution in [1.29, 1.82) is 0 Å². The lowest BCUT2D eigenvalue weighted by molar-refractivity contribution is 0.376. The summed E-state index contributed by atoms with van der Waals surface area (Å²) < 4.78 is 0. The van der Waals surface area contributed by atoms with Gasteiger partial charge in [-0.3, -0.25) is 0 Å². The fourth-order valence-electron chi connectivity index (χ4n) is 0.354. The molecule has 9 heavy (non-hydrogen) atoms. The first kappa shape index (κ1) is 9.34. The molecular weight excluding hydrogens is 156 g/mol. The van der Waals surface area contributed by atoms with Gasteiger partial charge in [0.05, 0.1) is 5.94 Å². The van der Waals surface area contributed by atoms with Crippen LogP contribution in [0.25, 0.3) is 0 Å².